The highest BCUT2D eigenvalue weighted by Crippen LogP contribution is 2.13. The number of hydrogen-bond acceptors (Lipinski definition) is 4. The van der Waals surface area contributed by atoms with E-state index in [2.05, 4.69) is 5.32 Å². The van der Waals surface area contributed by atoms with Gasteiger partial charge in [-0.3, -0.25) is 9.59 Å². The van der Waals surface area contributed by atoms with Gasteiger partial charge in [-0.2, -0.15) is 0 Å². The lowest BCUT2D eigenvalue weighted by atomic mass is 10.1. The monoisotopic (exact) mass is 265 g/mol. The molecule has 5 heteroatoms. The first kappa shape index (κ1) is 15.2. The van der Waals surface area contributed by atoms with Gasteiger partial charge in [-0.1, -0.05) is 0 Å². The standard InChI is InChI=1S/C14H19NO4/c1-3-19-12-6-4-11(5-7-12)14(18)10(2)15-9-8-13(16)17/h4-7,10,15H,3,8-9H2,1-2H3,(H,16,17). The third-order valence-electron chi connectivity index (χ3n) is 2.63. The van der Waals surface area contributed by atoms with Gasteiger partial charge < -0.3 is 15.2 Å². The van der Waals surface area contributed by atoms with Gasteiger partial charge in [0, 0.05) is 12.1 Å². The van der Waals surface area contributed by atoms with Gasteiger partial charge in [0.15, 0.2) is 5.78 Å². The molecule has 0 aliphatic rings. The highest BCUT2D eigenvalue weighted by atomic mass is 16.5. The van der Waals surface area contributed by atoms with E-state index in [9.17, 15) is 9.59 Å². The lowest BCUT2D eigenvalue weighted by molar-refractivity contribution is -0.136. The maximum absolute atomic E-state index is 12.0. The topological polar surface area (TPSA) is 75.6 Å². The van der Waals surface area contributed by atoms with Crippen LogP contribution in [0.5, 0.6) is 5.75 Å². The highest BCUT2D eigenvalue weighted by Gasteiger charge is 2.14. The quantitative estimate of drug-likeness (QED) is 0.700. The molecule has 104 valence electrons. The molecular weight excluding hydrogens is 246 g/mol. The molecule has 0 fully saturated rings. The Morgan fingerprint density at radius 1 is 1.32 bits per heavy atom. The van der Waals surface area contributed by atoms with E-state index in [1.807, 2.05) is 6.92 Å². The fourth-order valence-corrected chi connectivity index (χ4v) is 1.62. The number of aliphatic carboxylic acids is 1. The zero-order chi connectivity index (χ0) is 14.3. The maximum atomic E-state index is 12.0. The van der Waals surface area contributed by atoms with Crippen molar-refractivity contribution < 1.29 is 19.4 Å². The van der Waals surface area contributed by atoms with Crippen molar-refractivity contribution in [2.24, 2.45) is 0 Å². The summed E-state index contributed by atoms with van der Waals surface area (Å²) in [4.78, 5) is 22.4. The molecule has 0 aliphatic heterocycles. The van der Waals surface area contributed by atoms with Crippen LogP contribution >= 0.6 is 0 Å². The molecule has 0 spiro atoms. The normalized spacial score (nSPS) is 11.9. The van der Waals surface area contributed by atoms with Crippen molar-refractivity contribution in [1.82, 2.24) is 5.32 Å². The number of Topliss-reactive ketones (excluding diaryl/α,β-unsaturated/α-hetero) is 1. The van der Waals surface area contributed by atoms with E-state index in [0.717, 1.165) is 5.75 Å². The number of ketones is 1. The number of nitrogens with one attached hydrogen (secondary N) is 1. The van der Waals surface area contributed by atoms with E-state index >= 15 is 0 Å². The number of ether oxygens (including phenoxy) is 1. The molecule has 2 N–H and O–H groups in total. The zero-order valence-electron chi connectivity index (χ0n) is 11.2. The van der Waals surface area contributed by atoms with Gasteiger partial charge in [-0.25, -0.2) is 0 Å². The third kappa shape index (κ3) is 5.09. The van der Waals surface area contributed by atoms with Crippen LogP contribution in [-0.4, -0.2) is 36.1 Å². The molecule has 0 saturated carbocycles. The second kappa shape index (κ2) is 7.53. The minimum absolute atomic E-state index is 0.000891. The van der Waals surface area contributed by atoms with Crippen molar-refractivity contribution in [1.29, 1.82) is 0 Å². The van der Waals surface area contributed by atoms with Gasteiger partial charge in [0.1, 0.15) is 5.75 Å². The van der Waals surface area contributed by atoms with Crippen molar-refractivity contribution >= 4 is 11.8 Å². The Bertz CT molecular complexity index is 428. The van der Waals surface area contributed by atoms with Gasteiger partial charge >= 0.3 is 5.97 Å². The number of carbonyl (C=O) groups is 2. The van der Waals surface area contributed by atoms with E-state index < -0.39 is 12.0 Å². The van der Waals surface area contributed by atoms with Crippen molar-refractivity contribution in [3.8, 4) is 5.75 Å². The van der Waals surface area contributed by atoms with E-state index in [0.29, 0.717) is 12.2 Å². The van der Waals surface area contributed by atoms with Crippen molar-refractivity contribution in [2.75, 3.05) is 13.2 Å². The number of carboxylic acids is 1. The van der Waals surface area contributed by atoms with Crippen molar-refractivity contribution in [2.45, 2.75) is 26.3 Å². The Balaban J connectivity index is 2.53. The minimum atomic E-state index is -0.881. The third-order valence-corrected chi connectivity index (χ3v) is 2.63. The summed E-state index contributed by atoms with van der Waals surface area (Å²) in [6.07, 6.45) is 0.000891. The minimum Gasteiger partial charge on any atom is -0.494 e. The Morgan fingerprint density at radius 3 is 2.47 bits per heavy atom. The van der Waals surface area contributed by atoms with Crippen LogP contribution in [0, 0.1) is 0 Å². The first-order valence-electron chi connectivity index (χ1n) is 6.26. The second-order valence-electron chi connectivity index (χ2n) is 4.14. The molecule has 1 rings (SSSR count). The van der Waals surface area contributed by atoms with Gasteiger partial charge in [-0.05, 0) is 38.1 Å². The highest BCUT2D eigenvalue weighted by molar-refractivity contribution is 5.99. The molecule has 1 aromatic carbocycles. The predicted octanol–water partition coefficient (Wildman–Crippen LogP) is 1.72. The fourth-order valence-electron chi connectivity index (χ4n) is 1.62. The number of hydrogen-bond donors (Lipinski definition) is 2. The summed E-state index contributed by atoms with van der Waals surface area (Å²) in [6, 6.07) is 6.52. The van der Waals surface area contributed by atoms with E-state index in [1.54, 1.807) is 31.2 Å². The Hall–Kier alpha value is -1.88. The van der Waals surface area contributed by atoms with Crippen LogP contribution in [0.2, 0.25) is 0 Å². The van der Waals surface area contributed by atoms with Crippen LogP contribution in [-0.2, 0) is 4.79 Å². The van der Waals surface area contributed by atoms with Crippen LogP contribution < -0.4 is 10.1 Å². The molecule has 19 heavy (non-hydrogen) atoms. The number of carboxylic acid groups (broad SMARTS) is 1. The SMILES string of the molecule is CCOc1ccc(C(=O)C(C)NCCC(=O)O)cc1. The molecule has 0 aliphatic carbocycles. The van der Waals surface area contributed by atoms with Gasteiger partial charge in [-0.15, -0.1) is 0 Å². The molecule has 0 saturated heterocycles. The number of benzene rings is 1. The first-order valence-corrected chi connectivity index (χ1v) is 6.26. The molecular formula is C14H19NO4. The summed E-state index contributed by atoms with van der Waals surface area (Å²) in [7, 11) is 0. The largest absolute Gasteiger partial charge is 0.494 e. The zero-order valence-corrected chi connectivity index (χ0v) is 11.2. The van der Waals surface area contributed by atoms with Crippen LogP contribution in [0.4, 0.5) is 0 Å². The molecule has 1 atom stereocenters. The molecule has 1 aromatic rings. The van der Waals surface area contributed by atoms with E-state index in [1.165, 1.54) is 0 Å². The summed E-state index contributed by atoms with van der Waals surface area (Å²) in [6.45, 7) is 4.48. The molecule has 0 aromatic heterocycles. The molecule has 1 unspecified atom stereocenters. The summed E-state index contributed by atoms with van der Waals surface area (Å²) >= 11 is 0. The predicted molar refractivity (Wildman–Crippen MR) is 71.7 cm³/mol. The van der Waals surface area contributed by atoms with E-state index in [-0.39, 0.29) is 18.7 Å². The van der Waals surface area contributed by atoms with Crippen molar-refractivity contribution in [3.05, 3.63) is 29.8 Å². The second-order valence-corrected chi connectivity index (χ2v) is 4.14. The summed E-state index contributed by atoms with van der Waals surface area (Å²) < 4.78 is 5.30. The molecule has 0 amide bonds. The maximum Gasteiger partial charge on any atom is 0.304 e. The van der Waals surface area contributed by atoms with Crippen LogP contribution in [0.25, 0.3) is 0 Å². The van der Waals surface area contributed by atoms with E-state index in [4.69, 9.17) is 9.84 Å². The van der Waals surface area contributed by atoms with Gasteiger partial charge in [0.25, 0.3) is 0 Å². The lowest BCUT2D eigenvalue weighted by Gasteiger charge is -2.12. The molecule has 0 radical (unpaired) electrons. The van der Waals surface area contributed by atoms with Crippen LogP contribution in [0.1, 0.15) is 30.6 Å². The molecule has 0 heterocycles. The first-order chi connectivity index (χ1) is 9.04. The fraction of sp³-hybridized carbons (Fsp3) is 0.429. The van der Waals surface area contributed by atoms with Gasteiger partial charge in [0.05, 0.1) is 19.1 Å². The summed E-state index contributed by atoms with van der Waals surface area (Å²) in [5.41, 5.74) is 0.582. The van der Waals surface area contributed by atoms with Gasteiger partial charge in [0.2, 0.25) is 0 Å². The van der Waals surface area contributed by atoms with Crippen LogP contribution in [0.3, 0.4) is 0 Å². The lowest BCUT2D eigenvalue weighted by Crippen LogP contribution is -2.35. The average Bonchev–Trinajstić information content (AvgIpc) is 2.38. The Morgan fingerprint density at radius 2 is 1.95 bits per heavy atom. The summed E-state index contributed by atoms with van der Waals surface area (Å²) in [5, 5.41) is 11.4. The van der Waals surface area contributed by atoms with Crippen LogP contribution in [0.15, 0.2) is 24.3 Å². The Labute approximate surface area is 112 Å². The Kier molecular flexibility index (Phi) is 6.02. The average molecular weight is 265 g/mol. The van der Waals surface area contributed by atoms with Crippen molar-refractivity contribution in [3.63, 3.8) is 0 Å². The summed E-state index contributed by atoms with van der Waals surface area (Å²) in [5.74, 6) is -0.216. The smallest absolute Gasteiger partial charge is 0.304 e. The molecule has 0 bridgehead atoms. The number of carbonyl (C=O) groups excluding carboxylic acids is 1. The number of rotatable bonds is 8. The molecule has 5 nitrogen and oxygen atoms in total.